The molecule has 0 aliphatic rings. The van der Waals surface area contributed by atoms with E-state index in [1.54, 1.807) is 6.26 Å². The third-order valence-corrected chi connectivity index (χ3v) is 8.44. The summed E-state index contributed by atoms with van der Waals surface area (Å²) in [5.41, 5.74) is 21.9. The number of hydrogen-bond acceptors (Lipinski definition) is 13. The number of guanidine groups is 2. The lowest BCUT2D eigenvalue weighted by atomic mass is 10.0. The van der Waals surface area contributed by atoms with E-state index in [0.717, 1.165) is 0 Å². The van der Waals surface area contributed by atoms with E-state index in [4.69, 9.17) is 38.9 Å². The van der Waals surface area contributed by atoms with Crippen molar-refractivity contribution in [2.75, 3.05) is 25.1 Å². The van der Waals surface area contributed by atoms with Crippen LogP contribution in [0.5, 0.6) is 0 Å². The summed E-state index contributed by atoms with van der Waals surface area (Å²) in [6.07, 6.45) is -0.842. The van der Waals surface area contributed by atoms with Gasteiger partial charge in [-0.25, -0.2) is 4.79 Å². The highest BCUT2D eigenvalue weighted by atomic mass is 32.2. The van der Waals surface area contributed by atoms with Crippen LogP contribution in [0.2, 0.25) is 0 Å². The number of carboxylic acids is 3. The number of carbonyl (C=O) groups excluding carboxylic acids is 6. The number of primary amides is 1. The second-order valence-corrected chi connectivity index (χ2v) is 13.5. The first kappa shape index (κ1) is 51.1. The molecule has 6 atom stereocenters. The van der Waals surface area contributed by atoms with Gasteiger partial charge in [0.1, 0.15) is 30.2 Å². The Labute approximate surface area is 331 Å². The number of carbonyl (C=O) groups is 9. The van der Waals surface area contributed by atoms with Gasteiger partial charge in [-0.3, -0.25) is 49.2 Å². The standard InChI is InChI=1S/C31H55N13O12S/c1-57-13-10-19(28(54)42-18(7-9-22(46)47)27(53)44-20(29(55)56)14-23(48)49)43-26(52)17(6-8-21(33)45)41-25(51)16(5-3-12-39-31(36)37)40-24(50)15(32)4-2-11-38-30(34)35/h15-20H,2-14,32H2,1H3,(H2,33,45)(H,40,50)(H,41,51)(H,42,54)(H,43,52)(H,44,53)(H,46,47)(H,48,49)(H,55,56)(H4,34,35,38)(H4,36,37,39)/t15-,16-,17-,18-,19+,20-/m0/s1. The monoisotopic (exact) mass is 833 g/mol. The molecular weight excluding hydrogens is 778 g/mol. The maximum Gasteiger partial charge on any atom is 0.326 e. The maximum atomic E-state index is 13.7. The lowest BCUT2D eigenvalue weighted by Gasteiger charge is -2.27. The molecule has 0 unspecified atom stereocenters. The van der Waals surface area contributed by atoms with Gasteiger partial charge in [0.15, 0.2) is 11.9 Å². The zero-order chi connectivity index (χ0) is 43.7. The fourth-order valence-electron chi connectivity index (χ4n) is 4.81. The van der Waals surface area contributed by atoms with Crippen molar-refractivity contribution in [1.82, 2.24) is 37.2 Å². The molecule has 0 heterocycles. The summed E-state index contributed by atoms with van der Waals surface area (Å²) in [5.74, 6) is -10.7. The summed E-state index contributed by atoms with van der Waals surface area (Å²) in [4.78, 5) is 112. The molecule has 57 heavy (non-hydrogen) atoms. The lowest BCUT2D eigenvalue weighted by molar-refractivity contribution is -0.147. The minimum Gasteiger partial charge on any atom is -0.481 e. The molecule has 0 aromatic carbocycles. The number of carboxylic acid groups (broad SMARTS) is 3. The number of amides is 6. The van der Waals surface area contributed by atoms with Gasteiger partial charge in [0.05, 0.1) is 12.5 Å². The van der Waals surface area contributed by atoms with Gasteiger partial charge in [0.2, 0.25) is 35.4 Å². The van der Waals surface area contributed by atoms with E-state index in [0.29, 0.717) is 6.42 Å². The van der Waals surface area contributed by atoms with Crippen LogP contribution in [0.25, 0.3) is 0 Å². The molecule has 0 aliphatic carbocycles. The summed E-state index contributed by atoms with van der Waals surface area (Å²) in [6.45, 7) is 0.370. The van der Waals surface area contributed by atoms with Gasteiger partial charge in [0.25, 0.3) is 0 Å². The summed E-state index contributed by atoms with van der Waals surface area (Å²) >= 11 is 1.26. The molecule has 25 nitrogen and oxygen atoms in total. The minimum atomic E-state index is -1.93. The van der Waals surface area contributed by atoms with E-state index in [-0.39, 0.29) is 62.9 Å². The van der Waals surface area contributed by atoms with Gasteiger partial charge < -0.3 is 75.5 Å². The number of thioether (sulfide) groups is 1. The second kappa shape index (κ2) is 27.6. The molecule has 322 valence electrons. The van der Waals surface area contributed by atoms with Gasteiger partial charge in [0, 0.05) is 25.9 Å². The Morgan fingerprint density at radius 2 is 0.965 bits per heavy atom. The lowest BCUT2D eigenvalue weighted by Crippen LogP contribution is -2.59. The Bertz CT molecular complexity index is 1450. The van der Waals surface area contributed by atoms with E-state index >= 15 is 0 Å². The molecular formula is C31H55N13O12S. The van der Waals surface area contributed by atoms with Crippen LogP contribution in [0.1, 0.15) is 64.2 Å². The van der Waals surface area contributed by atoms with Crippen LogP contribution in [0.3, 0.4) is 0 Å². The highest BCUT2D eigenvalue weighted by Crippen LogP contribution is 2.09. The molecule has 0 saturated carbocycles. The van der Waals surface area contributed by atoms with E-state index in [1.165, 1.54) is 11.8 Å². The Hall–Kier alpha value is -5.92. The molecule has 26 heteroatoms. The van der Waals surface area contributed by atoms with Crippen molar-refractivity contribution in [3.05, 3.63) is 0 Å². The number of rotatable bonds is 30. The summed E-state index contributed by atoms with van der Waals surface area (Å²) in [5, 5.41) is 58.8. The van der Waals surface area contributed by atoms with Crippen LogP contribution in [-0.2, 0) is 43.2 Å². The molecule has 6 amide bonds. The molecule has 0 aromatic heterocycles. The Morgan fingerprint density at radius 3 is 1.37 bits per heavy atom. The van der Waals surface area contributed by atoms with Crippen molar-refractivity contribution in [2.45, 2.75) is 100 Å². The van der Waals surface area contributed by atoms with Gasteiger partial charge in [-0.05, 0) is 57.0 Å². The highest BCUT2D eigenvalue weighted by Gasteiger charge is 2.33. The van der Waals surface area contributed by atoms with Crippen molar-refractivity contribution < 1.29 is 58.5 Å². The molecule has 0 aliphatic heterocycles. The Balaban J connectivity index is 6.30. The molecule has 0 radical (unpaired) electrons. The predicted octanol–water partition coefficient (Wildman–Crippen LogP) is -5.29. The van der Waals surface area contributed by atoms with Crippen LogP contribution in [0.15, 0.2) is 0 Å². The van der Waals surface area contributed by atoms with E-state index in [9.17, 15) is 53.4 Å². The predicted molar refractivity (Wildman–Crippen MR) is 204 cm³/mol. The van der Waals surface area contributed by atoms with Crippen LogP contribution >= 0.6 is 11.8 Å². The number of aliphatic carboxylic acids is 3. The third kappa shape index (κ3) is 23.6. The van der Waals surface area contributed by atoms with E-state index < -0.39 is 115 Å². The summed E-state index contributed by atoms with van der Waals surface area (Å²) in [6, 6.07) is -9.00. The van der Waals surface area contributed by atoms with Crippen LogP contribution in [-0.4, -0.2) is 142 Å². The highest BCUT2D eigenvalue weighted by molar-refractivity contribution is 7.98. The van der Waals surface area contributed by atoms with Crippen molar-refractivity contribution in [2.24, 2.45) is 22.9 Å². The fourth-order valence-corrected chi connectivity index (χ4v) is 5.28. The van der Waals surface area contributed by atoms with Crippen LogP contribution < -0.4 is 60.2 Å². The quantitative estimate of drug-likeness (QED) is 0.0183. The molecule has 0 aromatic rings. The smallest absolute Gasteiger partial charge is 0.326 e. The van der Waals surface area contributed by atoms with Gasteiger partial charge in [-0.2, -0.15) is 11.8 Å². The Morgan fingerprint density at radius 1 is 0.561 bits per heavy atom. The molecule has 20 N–H and O–H groups in total. The average molecular weight is 834 g/mol. The Kier molecular flexibility index (Phi) is 24.8. The zero-order valence-corrected chi connectivity index (χ0v) is 32.2. The normalized spacial score (nSPS) is 13.8. The summed E-state index contributed by atoms with van der Waals surface area (Å²) in [7, 11) is 0. The topological polar surface area (TPSA) is 450 Å². The average Bonchev–Trinajstić information content (AvgIpc) is 3.11. The van der Waals surface area contributed by atoms with Gasteiger partial charge in [-0.15, -0.1) is 0 Å². The molecule has 0 rings (SSSR count). The summed E-state index contributed by atoms with van der Waals surface area (Å²) < 4.78 is 0. The van der Waals surface area contributed by atoms with E-state index in [2.05, 4.69) is 31.9 Å². The first-order chi connectivity index (χ1) is 26.7. The van der Waals surface area contributed by atoms with Crippen LogP contribution in [0, 0.1) is 10.8 Å². The van der Waals surface area contributed by atoms with Crippen LogP contribution in [0.4, 0.5) is 0 Å². The second-order valence-electron chi connectivity index (χ2n) is 12.5. The number of hydrogen-bond donors (Lipinski definition) is 16. The fraction of sp³-hybridized carbons (Fsp3) is 0.645. The first-order valence-corrected chi connectivity index (χ1v) is 18.9. The van der Waals surface area contributed by atoms with Gasteiger partial charge in [-0.1, -0.05) is 0 Å². The maximum absolute atomic E-state index is 13.7. The van der Waals surface area contributed by atoms with Gasteiger partial charge >= 0.3 is 17.9 Å². The number of nitrogens with one attached hydrogen (secondary N) is 9. The number of nitrogens with two attached hydrogens (primary N) is 4. The molecule has 0 fully saturated rings. The van der Waals surface area contributed by atoms with Crippen molar-refractivity contribution >= 4 is 77.0 Å². The molecule has 0 spiro atoms. The van der Waals surface area contributed by atoms with Crippen molar-refractivity contribution in [3.63, 3.8) is 0 Å². The molecule has 0 saturated heterocycles. The van der Waals surface area contributed by atoms with Crippen molar-refractivity contribution in [1.29, 1.82) is 10.8 Å². The van der Waals surface area contributed by atoms with E-state index in [1.807, 2.05) is 5.32 Å². The van der Waals surface area contributed by atoms with Crippen molar-refractivity contribution in [3.8, 4) is 0 Å². The third-order valence-electron chi connectivity index (χ3n) is 7.79. The SMILES string of the molecule is CSCC[C@@H](NC(=O)[C@H](CCC(N)=O)NC(=O)[C@H](CCCNC(=N)N)NC(=O)[C@@H](N)CCCNC(=N)N)C(=O)N[C@@H](CCC(=O)O)C(=O)N[C@@H](CC(=O)O)C(=O)O. The molecule has 0 bridgehead atoms. The first-order valence-electron chi connectivity index (χ1n) is 17.5. The zero-order valence-electron chi connectivity index (χ0n) is 31.4. The largest absolute Gasteiger partial charge is 0.481 e. The minimum absolute atomic E-state index is 0.0472.